The number of hydrogen-bond donors (Lipinski definition) is 1. The molecule has 4 aromatic rings. The van der Waals surface area contributed by atoms with Crippen molar-refractivity contribution in [3.05, 3.63) is 96.1 Å². The fraction of sp³-hybridized carbons (Fsp3) is 0.314. The zero-order valence-corrected chi connectivity index (χ0v) is 26.9. The van der Waals surface area contributed by atoms with Gasteiger partial charge in [0.15, 0.2) is 0 Å². The molecule has 11 heteroatoms. The number of imidazole rings is 1. The van der Waals surface area contributed by atoms with Gasteiger partial charge in [-0.2, -0.15) is 0 Å². The molecule has 0 fully saturated rings. The van der Waals surface area contributed by atoms with Gasteiger partial charge in [0.2, 0.25) is 5.91 Å². The van der Waals surface area contributed by atoms with Crippen LogP contribution in [0.1, 0.15) is 43.6 Å². The van der Waals surface area contributed by atoms with Crippen LogP contribution >= 0.6 is 11.8 Å². The van der Waals surface area contributed by atoms with Crippen LogP contribution in [-0.2, 0) is 21.8 Å². The number of ether oxygens (including phenoxy) is 3. The van der Waals surface area contributed by atoms with Crippen LogP contribution in [0.4, 0.5) is 18.9 Å². The Morgan fingerprint density at radius 3 is 2.41 bits per heavy atom. The maximum absolute atomic E-state index is 13.1. The summed E-state index contributed by atoms with van der Waals surface area (Å²) >= 11 is 1.66. The Balaban J connectivity index is 1.39. The lowest BCUT2D eigenvalue weighted by Crippen LogP contribution is -2.17. The summed E-state index contributed by atoms with van der Waals surface area (Å²) in [5, 5.41) is 2.75. The van der Waals surface area contributed by atoms with Crippen molar-refractivity contribution in [1.29, 1.82) is 0 Å². The van der Waals surface area contributed by atoms with Crippen molar-refractivity contribution in [2.45, 2.75) is 57.2 Å². The highest BCUT2D eigenvalue weighted by atomic mass is 32.2. The third kappa shape index (κ3) is 10.7. The lowest BCUT2D eigenvalue weighted by atomic mass is 10.0. The van der Waals surface area contributed by atoms with Crippen molar-refractivity contribution < 1.29 is 32.2 Å². The zero-order chi connectivity index (χ0) is 32.9. The molecule has 46 heavy (non-hydrogen) atoms. The predicted molar refractivity (Wildman–Crippen MR) is 176 cm³/mol. The number of amides is 1. The molecular formula is C35H38F3N3O4S. The van der Waals surface area contributed by atoms with Crippen LogP contribution in [0.3, 0.4) is 0 Å². The average Bonchev–Trinajstić information content (AvgIpc) is 3.40. The van der Waals surface area contributed by atoms with E-state index in [2.05, 4.69) is 33.5 Å². The second-order valence-electron chi connectivity index (χ2n) is 10.3. The monoisotopic (exact) mass is 653 g/mol. The number of aryl methyl sites for hydroxylation is 2. The summed E-state index contributed by atoms with van der Waals surface area (Å²) in [6.45, 7) is 8.62. The number of nitrogens with one attached hydrogen (secondary N) is 1. The number of rotatable bonds is 16. The maximum atomic E-state index is 13.1. The predicted octanol–water partition coefficient (Wildman–Crippen LogP) is 8.92. The van der Waals surface area contributed by atoms with E-state index in [-0.39, 0.29) is 5.56 Å². The molecule has 7 nitrogen and oxygen atoms in total. The maximum Gasteiger partial charge on any atom is 0.573 e. The molecular weight excluding hydrogens is 615 g/mol. The Kier molecular flexibility index (Phi) is 12.7. The molecule has 0 bridgehead atoms. The first-order valence-electron chi connectivity index (χ1n) is 15.1. The number of benzene rings is 3. The van der Waals surface area contributed by atoms with Gasteiger partial charge in [-0.1, -0.05) is 31.5 Å². The Morgan fingerprint density at radius 2 is 1.72 bits per heavy atom. The van der Waals surface area contributed by atoms with Crippen molar-refractivity contribution in [1.82, 2.24) is 9.55 Å². The summed E-state index contributed by atoms with van der Waals surface area (Å²) < 4.78 is 57.0. The molecule has 0 spiro atoms. The number of nitrogens with zero attached hydrogens (tertiary/aromatic N) is 2. The van der Waals surface area contributed by atoms with Gasteiger partial charge in [0.25, 0.3) is 0 Å². The minimum absolute atomic E-state index is 0.0999. The molecule has 0 atom stereocenters. The number of carbonyl (C=O) groups is 1. The van der Waals surface area contributed by atoms with Gasteiger partial charge in [-0.05, 0) is 86.0 Å². The second kappa shape index (κ2) is 16.9. The van der Waals surface area contributed by atoms with Gasteiger partial charge in [-0.3, -0.25) is 4.79 Å². The van der Waals surface area contributed by atoms with Crippen LogP contribution in [0, 0.1) is 6.92 Å². The molecule has 4 rings (SSSR count). The van der Waals surface area contributed by atoms with Crippen molar-refractivity contribution in [3.63, 3.8) is 0 Å². The van der Waals surface area contributed by atoms with Crippen LogP contribution in [0.15, 0.2) is 84.0 Å². The molecule has 0 aliphatic rings. The number of thioether (sulfide) groups is 1. The van der Waals surface area contributed by atoms with Gasteiger partial charge in [0, 0.05) is 41.1 Å². The number of aromatic nitrogens is 2. The summed E-state index contributed by atoms with van der Waals surface area (Å²) in [6, 6.07) is 18.9. The van der Waals surface area contributed by atoms with E-state index in [1.165, 1.54) is 24.3 Å². The van der Waals surface area contributed by atoms with Crippen molar-refractivity contribution in [3.8, 4) is 22.6 Å². The first-order chi connectivity index (χ1) is 22.1. The molecule has 3 aromatic carbocycles. The molecule has 1 amide bonds. The van der Waals surface area contributed by atoms with Gasteiger partial charge in [-0.15, -0.1) is 24.9 Å². The van der Waals surface area contributed by atoms with Crippen LogP contribution < -0.4 is 14.8 Å². The fourth-order valence-electron chi connectivity index (χ4n) is 4.49. The summed E-state index contributed by atoms with van der Waals surface area (Å²) in [5.41, 5.74) is 4.23. The standard InChI is InChI=1S/C35H38F3N3O4S/c1-4-6-19-43-20-21-44-30-13-7-26(8-14-30)27-9-17-33(45-35(36,37)38)28(22-27)10-18-34(42)40-29-11-15-31(16-12-29)46-23-32-25(3)39-24-41(32)5-2/h7-18,22,24H,4-6,19-21,23H2,1-3H3,(H,40,42)/b18-10+. The van der Waals surface area contributed by atoms with Crippen LogP contribution in [0.25, 0.3) is 17.2 Å². The molecule has 1 aromatic heterocycles. The number of hydrogen-bond acceptors (Lipinski definition) is 6. The molecule has 0 aliphatic heterocycles. The van der Waals surface area contributed by atoms with Crippen LogP contribution in [-0.4, -0.2) is 41.6 Å². The first kappa shape index (κ1) is 34.6. The molecule has 1 heterocycles. The lowest BCUT2D eigenvalue weighted by molar-refractivity contribution is -0.274. The van der Waals surface area contributed by atoms with E-state index in [1.807, 2.05) is 37.5 Å². The minimum Gasteiger partial charge on any atom is -0.491 e. The highest BCUT2D eigenvalue weighted by Gasteiger charge is 2.32. The molecule has 0 unspecified atom stereocenters. The Bertz CT molecular complexity index is 1590. The van der Waals surface area contributed by atoms with Crippen molar-refractivity contribution in [2.24, 2.45) is 0 Å². The Hall–Kier alpha value is -4.22. The molecule has 0 radical (unpaired) electrons. The summed E-state index contributed by atoms with van der Waals surface area (Å²) in [4.78, 5) is 18.1. The first-order valence-corrected chi connectivity index (χ1v) is 16.1. The van der Waals surface area contributed by atoms with E-state index in [4.69, 9.17) is 9.47 Å². The number of anilines is 1. The third-order valence-electron chi connectivity index (χ3n) is 6.97. The van der Waals surface area contributed by atoms with E-state index in [1.54, 1.807) is 42.1 Å². The van der Waals surface area contributed by atoms with E-state index >= 15 is 0 Å². The van der Waals surface area contributed by atoms with E-state index in [0.717, 1.165) is 47.0 Å². The third-order valence-corrected chi connectivity index (χ3v) is 7.99. The minimum atomic E-state index is -4.89. The highest BCUT2D eigenvalue weighted by molar-refractivity contribution is 7.98. The molecule has 244 valence electrons. The Morgan fingerprint density at radius 1 is 0.978 bits per heavy atom. The number of halogens is 3. The van der Waals surface area contributed by atoms with Crippen molar-refractivity contribution >= 4 is 29.4 Å². The smallest absolute Gasteiger partial charge is 0.491 e. The van der Waals surface area contributed by atoms with Gasteiger partial charge >= 0.3 is 6.36 Å². The quantitative estimate of drug-likeness (QED) is 0.0740. The molecule has 0 saturated carbocycles. The molecule has 0 aliphatic carbocycles. The molecule has 1 N–H and O–H groups in total. The second-order valence-corrected chi connectivity index (χ2v) is 11.4. The van der Waals surface area contributed by atoms with Crippen LogP contribution in [0.2, 0.25) is 0 Å². The molecule has 0 saturated heterocycles. The summed E-state index contributed by atoms with van der Waals surface area (Å²) in [7, 11) is 0. The SMILES string of the molecule is CCCCOCCOc1ccc(-c2ccc(OC(F)(F)F)c(/C=C/C(=O)Nc3ccc(SCc4c(C)ncn4CC)cc3)c2)cc1. The van der Waals surface area contributed by atoms with Crippen LogP contribution in [0.5, 0.6) is 11.5 Å². The average molecular weight is 654 g/mol. The Labute approximate surface area is 271 Å². The van der Waals surface area contributed by atoms with E-state index in [9.17, 15) is 18.0 Å². The highest BCUT2D eigenvalue weighted by Crippen LogP contribution is 2.32. The number of alkyl halides is 3. The fourth-order valence-corrected chi connectivity index (χ4v) is 5.50. The summed E-state index contributed by atoms with van der Waals surface area (Å²) in [5.74, 6) is 0.514. The van der Waals surface area contributed by atoms with E-state index < -0.39 is 18.0 Å². The topological polar surface area (TPSA) is 74.6 Å². The van der Waals surface area contributed by atoms with Crippen molar-refractivity contribution in [2.75, 3.05) is 25.1 Å². The van der Waals surface area contributed by atoms with Gasteiger partial charge in [-0.25, -0.2) is 4.98 Å². The number of unbranched alkanes of at least 4 members (excludes halogenated alkanes) is 1. The van der Waals surface area contributed by atoms with E-state index in [0.29, 0.717) is 36.8 Å². The van der Waals surface area contributed by atoms with Gasteiger partial charge < -0.3 is 24.1 Å². The number of carbonyl (C=O) groups excluding carboxylic acids is 1. The van der Waals surface area contributed by atoms with Gasteiger partial charge in [0.1, 0.15) is 18.1 Å². The van der Waals surface area contributed by atoms with Gasteiger partial charge in [0.05, 0.1) is 24.3 Å². The zero-order valence-electron chi connectivity index (χ0n) is 26.1. The largest absolute Gasteiger partial charge is 0.573 e. The summed E-state index contributed by atoms with van der Waals surface area (Å²) in [6.07, 6.45) is 1.51. The lowest BCUT2D eigenvalue weighted by Gasteiger charge is -2.13. The normalized spacial score (nSPS) is 11.6.